The summed E-state index contributed by atoms with van der Waals surface area (Å²) in [7, 11) is 1.24. The topological polar surface area (TPSA) is 64.7 Å². The summed E-state index contributed by atoms with van der Waals surface area (Å²) < 4.78 is 40.5. The van der Waals surface area contributed by atoms with Crippen molar-refractivity contribution in [3.63, 3.8) is 0 Å². The number of anilines is 1. The molecule has 1 N–H and O–H groups in total. The van der Waals surface area contributed by atoms with Crippen LogP contribution in [-0.2, 0) is 19.8 Å². The third kappa shape index (κ3) is 4.42. The van der Waals surface area contributed by atoms with E-state index in [1.54, 1.807) is 12.1 Å². The number of carbonyl (C=O) groups excluding carboxylic acids is 1. The summed E-state index contributed by atoms with van der Waals surface area (Å²) in [6.45, 7) is 0.372. The Morgan fingerprint density at radius 2 is 1.85 bits per heavy atom. The van der Waals surface area contributed by atoms with Gasteiger partial charge in [0.05, 0.1) is 6.54 Å². The van der Waals surface area contributed by atoms with E-state index in [4.69, 9.17) is 23.2 Å². The molecule has 0 bridgehead atoms. The van der Waals surface area contributed by atoms with E-state index in [0.717, 1.165) is 10.2 Å². The monoisotopic (exact) mass is 417 g/mol. The summed E-state index contributed by atoms with van der Waals surface area (Å²) in [4.78, 5) is 12.3. The number of nitrogens with zero attached hydrogens (tertiary/aromatic N) is 4. The number of nitrogens with one attached hydrogen (secondary N) is 1. The van der Waals surface area contributed by atoms with Crippen molar-refractivity contribution in [1.82, 2.24) is 19.6 Å². The van der Waals surface area contributed by atoms with Gasteiger partial charge in [-0.15, -0.1) is 0 Å². The van der Waals surface area contributed by atoms with Crippen LogP contribution in [0, 0.1) is 0 Å². The van der Waals surface area contributed by atoms with Crippen molar-refractivity contribution in [2.75, 3.05) is 5.32 Å². The van der Waals surface area contributed by atoms with Gasteiger partial charge in [-0.1, -0.05) is 35.3 Å². The highest BCUT2D eigenvalue weighted by atomic mass is 35.5. The second-order valence-corrected chi connectivity index (χ2v) is 6.48. The van der Waals surface area contributed by atoms with Crippen molar-refractivity contribution in [1.29, 1.82) is 0 Å². The van der Waals surface area contributed by atoms with E-state index in [9.17, 15) is 18.0 Å². The van der Waals surface area contributed by atoms with Crippen LogP contribution in [0.15, 0.2) is 36.5 Å². The number of hydrogen-bond donors (Lipinski definition) is 1. The van der Waals surface area contributed by atoms with Crippen LogP contribution in [0.25, 0.3) is 0 Å². The highest BCUT2D eigenvalue weighted by Gasteiger charge is 2.35. The first-order chi connectivity index (χ1) is 12.6. The van der Waals surface area contributed by atoms with Crippen molar-refractivity contribution < 1.29 is 18.0 Å². The minimum atomic E-state index is -4.64. The lowest BCUT2D eigenvalue weighted by molar-refractivity contribution is -0.141. The molecule has 0 aliphatic heterocycles. The Balaban J connectivity index is 1.76. The first-order valence-electron chi connectivity index (χ1n) is 7.53. The minimum absolute atomic E-state index is 0.0328. The van der Waals surface area contributed by atoms with E-state index in [1.165, 1.54) is 17.9 Å². The third-order valence-electron chi connectivity index (χ3n) is 3.61. The Bertz CT molecular complexity index is 979. The smallest absolute Gasteiger partial charge is 0.302 e. The van der Waals surface area contributed by atoms with E-state index in [2.05, 4.69) is 15.5 Å². The summed E-state index contributed by atoms with van der Waals surface area (Å²) in [5.41, 5.74) is -0.530. The Morgan fingerprint density at radius 1 is 1.19 bits per heavy atom. The van der Waals surface area contributed by atoms with Gasteiger partial charge in [0.1, 0.15) is 10.7 Å². The highest BCUT2D eigenvalue weighted by molar-refractivity contribution is 6.33. The van der Waals surface area contributed by atoms with Gasteiger partial charge in [0, 0.05) is 24.3 Å². The highest BCUT2D eigenvalue weighted by Crippen LogP contribution is 2.29. The number of rotatable bonds is 4. The largest absolute Gasteiger partial charge is 0.435 e. The number of hydrogen-bond acceptors (Lipinski definition) is 3. The zero-order chi connectivity index (χ0) is 19.8. The SMILES string of the molecule is Cn1nc(C(F)(F)F)cc1C(=O)Nc1nn(Cc2ccc(Cl)cc2)cc1Cl. The van der Waals surface area contributed by atoms with E-state index >= 15 is 0 Å². The molecular weight excluding hydrogens is 406 g/mol. The number of aryl methyl sites for hydroxylation is 1. The van der Waals surface area contributed by atoms with E-state index in [1.807, 2.05) is 12.1 Å². The minimum Gasteiger partial charge on any atom is -0.302 e. The van der Waals surface area contributed by atoms with Gasteiger partial charge in [-0.2, -0.15) is 23.4 Å². The zero-order valence-electron chi connectivity index (χ0n) is 13.8. The van der Waals surface area contributed by atoms with Crippen molar-refractivity contribution >= 4 is 34.9 Å². The van der Waals surface area contributed by atoms with E-state index in [-0.39, 0.29) is 16.5 Å². The van der Waals surface area contributed by atoms with Gasteiger partial charge in [-0.25, -0.2) is 0 Å². The van der Waals surface area contributed by atoms with Crippen LogP contribution >= 0.6 is 23.2 Å². The van der Waals surface area contributed by atoms with Gasteiger partial charge in [-0.05, 0) is 17.7 Å². The number of amides is 1. The zero-order valence-corrected chi connectivity index (χ0v) is 15.3. The van der Waals surface area contributed by atoms with Crippen LogP contribution in [0.1, 0.15) is 21.7 Å². The normalized spacial score (nSPS) is 11.6. The predicted octanol–water partition coefficient (Wildman–Crippen LogP) is 4.24. The van der Waals surface area contributed by atoms with Gasteiger partial charge < -0.3 is 5.32 Å². The maximum absolute atomic E-state index is 12.7. The maximum atomic E-state index is 12.7. The molecule has 1 aromatic carbocycles. The molecule has 0 radical (unpaired) electrons. The summed E-state index contributed by atoms with van der Waals surface area (Å²) in [6, 6.07) is 7.74. The molecule has 0 aliphatic rings. The quantitative estimate of drug-likeness (QED) is 0.690. The van der Waals surface area contributed by atoms with Crippen molar-refractivity contribution in [3.05, 3.63) is 63.5 Å². The standard InChI is InChI=1S/C16H12Cl2F3N5O/c1-25-12(6-13(23-25)16(19,20)21)15(27)22-14-11(18)8-26(24-14)7-9-2-4-10(17)5-3-9/h2-6,8H,7H2,1H3,(H,22,24,27). The Labute approximate surface area is 161 Å². The lowest BCUT2D eigenvalue weighted by Gasteiger charge is -2.03. The lowest BCUT2D eigenvalue weighted by atomic mass is 10.2. The average Bonchev–Trinajstić information content (AvgIpc) is 3.12. The van der Waals surface area contributed by atoms with Gasteiger partial charge in [0.15, 0.2) is 11.5 Å². The average molecular weight is 418 g/mol. The molecule has 0 aliphatic carbocycles. The summed E-state index contributed by atoms with van der Waals surface area (Å²) in [5.74, 6) is -0.774. The molecule has 0 unspecified atom stereocenters. The lowest BCUT2D eigenvalue weighted by Crippen LogP contribution is -2.16. The summed E-state index contributed by atoms with van der Waals surface area (Å²) in [6.07, 6.45) is -3.15. The van der Waals surface area contributed by atoms with Gasteiger partial charge in [-0.3, -0.25) is 14.2 Å². The van der Waals surface area contributed by atoms with Crippen LogP contribution in [0.3, 0.4) is 0 Å². The van der Waals surface area contributed by atoms with Gasteiger partial charge >= 0.3 is 6.18 Å². The molecule has 0 spiro atoms. The molecule has 1 amide bonds. The molecular formula is C16H12Cl2F3N5O. The van der Waals surface area contributed by atoms with E-state index < -0.39 is 17.8 Å². The van der Waals surface area contributed by atoms with Gasteiger partial charge in [0.2, 0.25) is 0 Å². The first kappa shape index (κ1) is 19.2. The second kappa shape index (κ2) is 7.24. The molecule has 11 heteroatoms. The molecule has 2 heterocycles. The number of benzene rings is 1. The molecule has 2 aromatic heterocycles. The Morgan fingerprint density at radius 3 is 2.44 bits per heavy atom. The molecule has 0 fully saturated rings. The van der Waals surface area contributed by atoms with Crippen LogP contribution < -0.4 is 5.32 Å². The van der Waals surface area contributed by atoms with Crippen LogP contribution in [0.5, 0.6) is 0 Å². The predicted molar refractivity (Wildman–Crippen MR) is 94.0 cm³/mol. The number of aromatic nitrogens is 4. The third-order valence-corrected chi connectivity index (χ3v) is 4.14. The molecule has 6 nitrogen and oxygen atoms in total. The fraction of sp³-hybridized carbons (Fsp3) is 0.188. The Kier molecular flexibility index (Phi) is 5.16. The molecule has 0 atom stereocenters. The number of carbonyl (C=O) groups is 1. The Hall–Kier alpha value is -2.52. The maximum Gasteiger partial charge on any atom is 0.435 e. The molecule has 27 heavy (non-hydrogen) atoms. The van der Waals surface area contributed by atoms with Crippen molar-refractivity contribution in [2.24, 2.45) is 7.05 Å². The number of alkyl halides is 3. The van der Waals surface area contributed by atoms with Crippen molar-refractivity contribution in [3.8, 4) is 0 Å². The van der Waals surface area contributed by atoms with Gasteiger partial charge in [0.25, 0.3) is 5.91 Å². The van der Waals surface area contributed by atoms with E-state index in [0.29, 0.717) is 17.6 Å². The molecule has 3 rings (SSSR count). The number of halogens is 5. The summed E-state index contributed by atoms with van der Waals surface area (Å²) in [5, 5.41) is 10.6. The van der Waals surface area contributed by atoms with Crippen molar-refractivity contribution in [2.45, 2.75) is 12.7 Å². The summed E-state index contributed by atoms with van der Waals surface area (Å²) >= 11 is 11.9. The molecule has 0 saturated heterocycles. The van der Waals surface area contributed by atoms with Crippen LogP contribution in [-0.4, -0.2) is 25.5 Å². The molecule has 3 aromatic rings. The van der Waals surface area contributed by atoms with Crippen LogP contribution in [0.2, 0.25) is 10.0 Å². The molecule has 0 saturated carbocycles. The second-order valence-electron chi connectivity index (χ2n) is 5.64. The first-order valence-corrected chi connectivity index (χ1v) is 8.29. The molecule has 142 valence electrons. The fourth-order valence-corrected chi connectivity index (χ4v) is 2.65. The fourth-order valence-electron chi connectivity index (χ4n) is 2.33. The van der Waals surface area contributed by atoms with Crippen LogP contribution in [0.4, 0.5) is 19.0 Å².